The van der Waals surface area contributed by atoms with E-state index in [9.17, 15) is 4.79 Å². The number of aliphatic hydroxyl groups excluding tert-OH is 1. The van der Waals surface area contributed by atoms with Crippen molar-refractivity contribution in [1.29, 1.82) is 0 Å². The summed E-state index contributed by atoms with van der Waals surface area (Å²) in [5.41, 5.74) is -0.695. The minimum absolute atomic E-state index is 0.0724. The van der Waals surface area contributed by atoms with Crippen LogP contribution >= 0.6 is 11.6 Å². The predicted octanol–water partition coefficient (Wildman–Crippen LogP) is 1.27. The number of hydrogen-bond donors (Lipinski definition) is 1. The Hall–Kier alpha value is -0.740. The zero-order valence-electron chi connectivity index (χ0n) is 6.70. The van der Waals surface area contributed by atoms with Crippen molar-refractivity contribution in [2.24, 2.45) is 0 Å². The second kappa shape index (κ2) is 6.94. The minimum atomic E-state index is -0.819. The number of alkyl halides is 1. The Labute approximate surface area is 75.7 Å². The lowest BCUT2D eigenvalue weighted by Gasteiger charge is -2.04. The SMILES string of the molecule is CC(Cl)OC(=O)OC/C=C/CO. The van der Waals surface area contributed by atoms with Gasteiger partial charge in [-0.15, -0.1) is 0 Å². The van der Waals surface area contributed by atoms with E-state index in [1.54, 1.807) is 0 Å². The second-order valence-electron chi connectivity index (χ2n) is 1.88. The molecular formula is C7H11ClO4. The van der Waals surface area contributed by atoms with E-state index in [0.29, 0.717) is 0 Å². The van der Waals surface area contributed by atoms with Crippen molar-refractivity contribution < 1.29 is 19.4 Å². The van der Waals surface area contributed by atoms with Crippen LogP contribution in [0.2, 0.25) is 0 Å². The first-order valence-corrected chi connectivity index (χ1v) is 3.83. The molecule has 0 aromatic rings. The van der Waals surface area contributed by atoms with Crippen LogP contribution in [0, 0.1) is 0 Å². The zero-order valence-corrected chi connectivity index (χ0v) is 7.45. The van der Waals surface area contributed by atoms with Crippen molar-refractivity contribution >= 4 is 17.8 Å². The highest BCUT2D eigenvalue weighted by molar-refractivity contribution is 6.19. The maximum atomic E-state index is 10.6. The van der Waals surface area contributed by atoms with Crippen LogP contribution in [0.1, 0.15) is 6.92 Å². The molecule has 0 amide bonds. The van der Waals surface area contributed by atoms with Crippen molar-refractivity contribution in [2.75, 3.05) is 13.2 Å². The number of carbonyl (C=O) groups is 1. The summed E-state index contributed by atoms with van der Waals surface area (Å²) in [6.45, 7) is 1.50. The molecule has 0 radical (unpaired) electrons. The maximum Gasteiger partial charge on any atom is 0.510 e. The lowest BCUT2D eigenvalue weighted by Crippen LogP contribution is -2.11. The molecule has 0 aliphatic carbocycles. The van der Waals surface area contributed by atoms with Crippen molar-refractivity contribution in [3.63, 3.8) is 0 Å². The summed E-state index contributed by atoms with van der Waals surface area (Å²) < 4.78 is 8.95. The van der Waals surface area contributed by atoms with Crippen LogP contribution in [0.4, 0.5) is 4.79 Å². The third kappa shape index (κ3) is 7.37. The normalized spacial score (nSPS) is 12.9. The fourth-order valence-corrected chi connectivity index (χ4v) is 0.498. The molecular weight excluding hydrogens is 184 g/mol. The number of carbonyl (C=O) groups excluding carboxylic acids is 1. The number of hydrogen-bond acceptors (Lipinski definition) is 4. The molecule has 0 heterocycles. The minimum Gasteiger partial charge on any atom is -0.430 e. The highest BCUT2D eigenvalue weighted by Crippen LogP contribution is 1.97. The van der Waals surface area contributed by atoms with E-state index in [4.69, 9.17) is 16.7 Å². The molecule has 1 N–H and O–H groups in total. The highest BCUT2D eigenvalue weighted by Gasteiger charge is 2.05. The number of ether oxygens (including phenoxy) is 2. The molecule has 0 saturated carbocycles. The van der Waals surface area contributed by atoms with Gasteiger partial charge in [0.05, 0.1) is 6.61 Å². The average Bonchev–Trinajstić information content (AvgIpc) is 1.97. The molecule has 0 rings (SSSR count). The van der Waals surface area contributed by atoms with Gasteiger partial charge in [0.1, 0.15) is 6.61 Å². The monoisotopic (exact) mass is 194 g/mol. The van der Waals surface area contributed by atoms with Gasteiger partial charge in [0.2, 0.25) is 0 Å². The first kappa shape index (κ1) is 11.3. The van der Waals surface area contributed by atoms with E-state index in [0.717, 1.165) is 0 Å². The Bertz CT molecular complexity index is 155. The Morgan fingerprint density at radius 1 is 1.67 bits per heavy atom. The van der Waals surface area contributed by atoms with Gasteiger partial charge in [0.25, 0.3) is 0 Å². The van der Waals surface area contributed by atoms with Crippen LogP contribution in [-0.2, 0) is 9.47 Å². The summed E-state index contributed by atoms with van der Waals surface area (Å²) in [7, 11) is 0. The van der Waals surface area contributed by atoms with E-state index >= 15 is 0 Å². The van der Waals surface area contributed by atoms with Gasteiger partial charge in [0, 0.05) is 0 Å². The molecule has 4 nitrogen and oxygen atoms in total. The largest absolute Gasteiger partial charge is 0.510 e. The summed E-state index contributed by atoms with van der Waals surface area (Å²) in [4.78, 5) is 10.6. The molecule has 1 unspecified atom stereocenters. The lowest BCUT2D eigenvalue weighted by atomic mass is 10.5. The molecule has 5 heteroatoms. The van der Waals surface area contributed by atoms with Crippen LogP contribution in [0.25, 0.3) is 0 Å². The van der Waals surface area contributed by atoms with E-state index in [2.05, 4.69) is 9.47 Å². The fraction of sp³-hybridized carbons (Fsp3) is 0.571. The summed E-state index contributed by atoms with van der Waals surface area (Å²) >= 11 is 5.33. The average molecular weight is 195 g/mol. The Kier molecular flexibility index (Phi) is 6.51. The van der Waals surface area contributed by atoms with Gasteiger partial charge in [-0.1, -0.05) is 17.7 Å². The van der Waals surface area contributed by atoms with Crippen molar-refractivity contribution in [2.45, 2.75) is 12.5 Å². The molecule has 0 bridgehead atoms. The summed E-state index contributed by atoms with van der Waals surface area (Å²) in [6.07, 6.45) is 2.14. The smallest absolute Gasteiger partial charge is 0.430 e. The number of halogens is 1. The maximum absolute atomic E-state index is 10.6. The molecule has 70 valence electrons. The molecule has 0 spiro atoms. The Balaban J connectivity index is 3.38. The Morgan fingerprint density at radius 3 is 2.83 bits per heavy atom. The molecule has 0 aromatic heterocycles. The van der Waals surface area contributed by atoms with E-state index in [1.807, 2.05) is 0 Å². The van der Waals surface area contributed by atoms with E-state index < -0.39 is 11.7 Å². The van der Waals surface area contributed by atoms with Crippen molar-refractivity contribution in [3.05, 3.63) is 12.2 Å². The van der Waals surface area contributed by atoms with Gasteiger partial charge in [-0.3, -0.25) is 0 Å². The molecule has 0 aliphatic heterocycles. The molecule has 0 fully saturated rings. The van der Waals surface area contributed by atoms with Crippen LogP contribution < -0.4 is 0 Å². The third-order valence-corrected chi connectivity index (χ3v) is 0.917. The van der Waals surface area contributed by atoms with Gasteiger partial charge in [-0.25, -0.2) is 4.79 Å². The quantitative estimate of drug-likeness (QED) is 0.416. The molecule has 0 aliphatic rings. The van der Waals surface area contributed by atoms with Gasteiger partial charge < -0.3 is 14.6 Å². The van der Waals surface area contributed by atoms with Crippen molar-refractivity contribution in [3.8, 4) is 0 Å². The molecule has 0 aromatic carbocycles. The summed E-state index contributed by atoms with van der Waals surface area (Å²) in [5, 5.41) is 8.30. The fourth-order valence-electron chi connectivity index (χ4n) is 0.425. The van der Waals surface area contributed by atoms with Gasteiger partial charge in [-0.2, -0.15) is 0 Å². The summed E-state index contributed by atoms with van der Waals surface area (Å²) in [6, 6.07) is 0. The lowest BCUT2D eigenvalue weighted by molar-refractivity contribution is 0.0573. The van der Waals surface area contributed by atoms with Gasteiger partial charge in [-0.05, 0) is 13.0 Å². The number of rotatable bonds is 4. The second-order valence-corrected chi connectivity index (χ2v) is 2.49. The first-order valence-electron chi connectivity index (χ1n) is 3.40. The highest BCUT2D eigenvalue weighted by atomic mass is 35.5. The van der Waals surface area contributed by atoms with E-state index in [-0.39, 0.29) is 13.2 Å². The molecule has 12 heavy (non-hydrogen) atoms. The number of aliphatic hydroxyl groups is 1. The topological polar surface area (TPSA) is 55.8 Å². The van der Waals surface area contributed by atoms with Crippen molar-refractivity contribution in [1.82, 2.24) is 0 Å². The zero-order chi connectivity index (χ0) is 9.40. The third-order valence-electron chi connectivity index (χ3n) is 0.828. The molecule has 1 atom stereocenters. The van der Waals surface area contributed by atoms with Crippen LogP contribution in [-0.4, -0.2) is 30.0 Å². The first-order chi connectivity index (χ1) is 5.66. The standard InChI is InChI=1S/C7H11ClO4/c1-6(8)12-7(10)11-5-3-2-4-9/h2-3,6,9H,4-5H2,1H3/b3-2+. The predicted molar refractivity (Wildman–Crippen MR) is 44.0 cm³/mol. The Morgan fingerprint density at radius 2 is 2.33 bits per heavy atom. The van der Waals surface area contributed by atoms with E-state index in [1.165, 1.54) is 19.1 Å². The molecule has 0 saturated heterocycles. The summed E-state index contributed by atoms with van der Waals surface area (Å²) in [5.74, 6) is 0. The van der Waals surface area contributed by atoms with Gasteiger partial charge >= 0.3 is 6.16 Å². The van der Waals surface area contributed by atoms with Crippen LogP contribution in [0.3, 0.4) is 0 Å². The van der Waals surface area contributed by atoms with Gasteiger partial charge in [0.15, 0.2) is 5.56 Å². The van der Waals surface area contributed by atoms with Crippen LogP contribution in [0.15, 0.2) is 12.2 Å². The van der Waals surface area contributed by atoms with Crippen LogP contribution in [0.5, 0.6) is 0 Å².